The summed E-state index contributed by atoms with van der Waals surface area (Å²) in [6, 6.07) is 7.17. The second-order valence-electron chi connectivity index (χ2n) is 5.25. The molecule has 0 fully saturated rings. The Morgan fingerprint density at radius 1 is 1.26 bits per heavy atom. The molecule has 7 heteroatoms. The highest BCUT2D eigenvalue weighted by Gasteiger charge is 2.21. The minimum atomic E-state index is -0.660. The van der Waals surface area contributed by atoms with Gasteiger partial charge in [-0.05, 0) is 38.5 Å². The van der Waals surface area contributed by atoms with E-state index in [-0.39, 0.29) is 12.2 Å². The number of nitrogens with zero attached hydrogens (tertiary/aromatic N) is 4. The molecular formula is C16H20N4O3. The van der Waals surface area contributed by atoms with Crippen LogP contribution in [0.5, 0.6) is 0 Å². The Labute approximate surface area is 133 Å². The van der Waals surface area contributed by atoms with Crippen molar-refractivity contribution >= 4 is 5.91 Å². The molecule has 7 nitrogen and oxygen atoms in total. The Hall–Kier alpha value is -2.70. The second kappa shape index (κ2) is 6.60. The summed E-state index contributed by atoms with van der Waals surface area (Å²) in [4.78, 5) is 38.6. The van der Waals surface area contributed by atoms with Gasteiger partial charge in [-0.3, -0.25) is 14.2 Å². The molecule has 0 spiro atoms. The molecule has 122 valence electrons. The van der Waals surface area contributed by atoms with Crippen LogP contribution in [0.15, 0.2) is 33.9 Å². The highest BCUT2D eigenvalue weighted by Crippen LogP contribution is 2.06. The van der Waals surface area contributed by atoms with Crippen molar-refractivity contribution in [3.05, 3.63) is 56.4 Å². The Balaban J connectivity index is 2.76. The molecular weight excluding hydrogens is 296 g/mol. The van der Waals surface area contributed by atoms with Crippen LogP contribution in [0.2, 0.25) is 0 Å². The molecule has 0 bridgehead atoms. The Kier molecular flexibility index (Phi) is 4.78. The quantitative estimate of drug-likeness (QED) is 0.836. The van der Waals surface area contributed by atoms with Crippen LogP contribution in [-0.4, -0.2) is 38.7 Å². The summed E-state index contributed by atoms with van der Waals surface area (Å²) in [6.45, 7) is 5.98. The zero-order valence-corrected chi connectivity index (χ0v) is 13.7. The first kappa shape index (κ1) is 16.7. The fourth-order valence-electron chi connectivity index (χ4n) is 2.18. The lowest BCUT2D eigenvalue weighted by Gasteiger charge is -2.15. The van der Waals surface area contributed by atoms with E-state index < -0.39 is 17.2 Å². The third kappa shape index (κ3) is 3.08. The predicted molar refractivity (Wildman–Crippen MR) is 87.1 cm³/mol. The topological polar surface area (TPSA) is 77.2 Å². The van der Waals surface area contributed by atoms with Gasteiger partial charge in [0.05, 0.1) is 5.69 Å². The van der Waals surface area contributed by atoms with Crippen molar-refractivity contribution in [2.24, 2.45) is 0 Å². The van der Waals surface area contributed by atoms with E-state index in [0.717, 1.165) is 14.8 Å². The fourth-order valence-corrected chi connectivity index (χ4v) is 2.18. The van der Waals surface area contributed by atoms with Crippen LogP contribution >= 0.6 is 0 Å². The van der Waals surface area contributed by atoms with Gasteiger partial charge in [-0.25, -0.2) is 4.79 Å². The third-order valence-corrected chi connectivity index (χ3v) is 3.65. The Morgan fingerprint density at radius 3 is 2.52 bits per heavy atom. The maximum Gasteiger partial charge on any atom is 0.352 e. The average molecular weight is 316 g/mol. The molecule has 0 N–H and O–H groups in total. The van der Waals surface area contributed by atoms with Gasteiger partial charge in [-0.15, -0.1) is 0 Å². The van der Waals surface area contributed by atoms with Crippen molar-refractivity contribution in [3.63, 3.8) is 0 Å². The molecule has 0 aliphatic rings. The van der Waals surface area contributed by atoms with Crippen LogP contribution in [-0.2, 0) is 6.54 Å². The van der Waals surface area contributed by atoms with E-state index in [0.29, 0.717) is 12.2 Å². The predicted octanol–water partition coefficient (Wildman–Crippen LogP) is 0.814. The number of carbonyl (C=O) groups excluding carboxylic acids is 1. The summed E-state index contributed by atoms with van der Waals surface area (Å²) in [5.41, 5.74) is -0.00258. The molecule has 0 unspecified atom stereocenters. The van der Waals surface area contributed by atoms with E-state index in [9.17, 15) is 14.4 Å². The molecule has 0 saturated carbocycles. The zero-order chi connectivity index (χ0) is 17.1. The summed E-state index contributed by atoms with van der Waals surface area (Å²) >= 11 is 0. The monoisotopic (exact) mass is 316 g/mol. The van der Waals surface area contributed by atoms with Crippen LogP contribution in [0.25, 0.3) is 5.69 Å². The van der Waals surface area contributed by atoms with E-state index >= 15 is 0 Å². The molecule has 0 saturated heterocycles. The van der Waals surface area contributed by atoms with Crippen LogP contribution in [0.3, 0.4) is 0 Å². The van der Waals surface area contributed by atoms with Crippen molar-refractivity contribution < 1.29 is 4.79 Å². The Morgan fingerprint density at radius 2 is 1.96 bits per heavy atom. The lowest BCUT2D eigenvalue weighted by atomic mass is 10.2. The van der Waals surface area contributed by atoms with Crippen molar-refractivity contribution in [1.82, 2.24) is 19.2 Å². The average Bonchev–Trinajstić information content (AvgIpc) is 2.54. The third-order valence-electron chi connectivity index (χ3n) is 3.65. The van der Waals surface area contributed by atoms with Gasteiger partial charge in [0.1, 0.15) is 0 Å². The first-order chi connectivity index (χ1) is 10.9. The first-order valence-corrected chi connectivity index (χ1v) is 7.47. The maximum absolute atomic E-state index is 12.5. The fraction of sp³-hybridized carbons (Fsp3) is 0.375. The smallest absolute Gasteiger partial charge is 0.340 e. The van der Waals surface area contributed by atoms with Gasteiger partial charge in [-0.1, -0.05) is 12.1 Å². The number of amides is 1. The van der Waals surface area contributed by atoms with E-state index in [1.165, 1.54) is 4.90 Å². The standard InChI is InChI=1S/C16H20N4O3/c1-5-18(4)14(21)13-15(22)19(6-2)16(23)20(17-13)12-9-7-8-11(3)10-12/h7-10H,5-6H2,1-4H3. The van der Waals surface area contributed by atoms with Gasteiger partial charge < -0.3 is 4.90 Å². The summed E-state index contributed by atoms with van der Waals surface area (Å²) in [6.07, 6.45) is 0. The number of hydrogen-bond donors (Lipinski definition) is 0. The van der Waals surface area contributed by atoms with Crippen LogP contribution < -0.4 is 11.2 Å². The van der Waals surface area contributed by atoms with Gasteiger partial charge in [0.2, 0.25) is 5.69 Å². The summed E-state index contributed by atoms with van der Waals surface area (Å²) < 4.78 is 2.13. The lowest BCUT2D eigenvalue weighted by Crippen LogP contribution is -2.45. The number of carbonyl (C=O) groups is 1. The van der Waals surface area contributed by atoms with Gasteiger partial charge in [0.15, 0.2) is 0 Å². The number of hydrogen-bond acceptors (Lipinski definition) is 4. The largest absolute Gasteiger partial charge is 0.352 e. The molecule has 2 rings (SSSR count). The minimum Gasteiger partial charge on any atom is -0.340 e. The molecule has 23 heavy (non-hydrogen) atoms. The molecule has 1 aromatic heterocycles. The molecule has 1 aromatic carbocycles. The summed E-state index contributed by atoms with van der Waals surface area (Å²) in [7, 11) is 1.59. The molecule has 0 aliphatic heterocycles. The van der Waals surface area contributed by atoms with E-state index in [2.05, 4.69) is 5.10 Å². The number of rotatable bonds is 4. The highest BCUT2D eigenvalue weighted by molar-refractivity contribution is 5.91. The van der Waals surface area contributed by atoms with Crippen molar-refractivity contribution in [2.45, 2.75) is 27.3 Å². The summed E-state index contributed by atoms with van der Waals surface area (Å²) in [5.74, 6) is -0.499. The summed E-state index contributed by atoms with van der Waals surface area (Å²) in [5, 5.41) is 4.04. The second-order valence-corrected chi connectivity index (χ2v) is 5.25. The number of aryl methyl sites for hydroxylation is 1. The Bertz CT molecular complexity index is 851. The molecule has 0 aliphatic carbocycles. The molecule has 1 amide bonds. The van der Waals surface area contributed by atoms with Gasteiger partial charge in [0, 0.05) is 20.1 Å². The first-order valence-electron chi connectivity index (χ1n) is 7.47. The van der Waals surface area contributed by atoms with Crippen molar-refractivity contribution in [3.8, 4) is 5.69 Å². The molecule has 2 aromatic rings. The zero-order valence-electron chi connectivity index (χ0n) is 13.7. The normalized spacial score (nSPS) is 10.6. The van der Waals surface area contributed by atoms with Gasteiger partial charge >= 0.3 is 5.69 Å². The minimum absolute atomic E-state index is 0.169. The SMILES string of the molecule is CCN(C)C(=O)c1nn(-c2cccc(C)c2)c(=O)n(CC)c1=O. The van der Waals surface area contributed by atoms with E-state index in [4.69, 9.17) is 0 Å². The highest BCUT2D eigenvalue weighted by atomic mass is 16.2. The van der Waals surface area contributed by atoms with Gasteiger partial charge in [0.25, 0.3) is 11.5 Å². The van der Waals surface area contributed by atoms with E-state index in [1.807, 2.05) is 13.0 Å². The van der Waals surface area contributed by atoms with Crippen molar-refractivity contribution in [2.75, 3.05) is 13.6 Å². The molecule has 1 heterocycles. The molecule has 0 radical (unpaired) electrons. The van der Waals surface area contributed by atoms with Gasteiger partial charge in [-0.2, -0.15) is 9.78 Å². The molecule has 0 atom stereocenters. The maximum atomic E-state index is 12.5. The van der Waals surface area contributed by atoms with Crippen LogP contribution in [0, 0.1) is 6.92 Å². The lowest BCUT2D eigenvalue weighted by molar-refractivity contribution is 0.0791. The van der Waals surface area contributed by atoms with E-state index in [1.54, 1.807) is 39.1 Å². The van der Waals surface area contributed by atoms with Crippen LogP contribution in [0.4, 0.5) is 0 Å². The van der Waals surface area contributed by atoms with Crippen molar-refractivity contribution in [1.29, 1.82) is 0 Å². The number of benzene rings is 1. The number of aromatic nitrogens is 3. The van der Waals surface area contributed by atoms with Crippen LogP contribution in [0.1, 0.15) is 29.9 Å².